The maximum Gasteiger partial charge on any atom is 0.263 e. The summed E-state index contributed by atoms with van der Waals surface area (Å²) >= 11 is 0. The summed E-state index contributed by atoms with van der Waals surface area (Å²) in [5, 5.41) is 7.24. The number of hydrogen-bond donors (Lipinski definition) is 2. The minimum Gasteiger partial charge on any atom is -0.351 e. The molecule has 7 nitrogen and oxygen atoms in total. The number of nitrogens with zero attached hydrogens (tertiary/aromatic N) is 3. The molecule has 4 fully saturated rings. The number of sulfonamides is 1. The summed E-state index contributed by atoms with van der Waals surface area (Å²) < 4.78 is 78.9. The number of rotatable bonds is 7. The first-order valence-corrected chi connectivity index (χ1v) is 14.4. The van der Waals surface area contributed by atoms with Crippen molar-refractivity contribution >= 4 is 26.9 Å². The third-order valence-electron chi connectivity index (χ3n) is 8.90. The van der Waals surface area contributed by atoms with Crippen LogP contribution in [0.4, 0.5) is 23.5 Å². The van der Waals surface area contributed by atoms with E-state index < -0.39 is 27.6 Å². The van der Waals surface area contributed by atoms with Crippen LogP contribution in [0.1, 0.15) is 68.4 Å². The van der Waals surface area contributed by atoms with Crippen LogP contribution in [-0.4, -0.2) is 66.1 Å². The Hall–Kier alpha value is -2.05. The number of aromatic nitrogens is 2. The van der Waals surface area contributed by atoms with Crippen LogP contribution in [-0.2, 0) is 10.0 Å². The average Bonchev–Trinajstić information content (AvgIpc) is 3.54. The second kappa shape index (κ2) is 9.01. The van der Waals surface area contributed by atoms with Crippen molar-refractivity contribution in [3.05, 3.63) is 29.5 Å². The zero-order valence-electron chi connectivity index (χ0n) is 20.4. The first-order chi connectivity index (χ1) is 17.6. The van der Waals surface area contributed by atoms with Gasteiger partial charge in [0.25, 0.3) is 12.9 Å². The summed E-state index contributed by atoms with van der Waals surface area (Å²) in [6, 6.07) is 2.91. The topological polar surface area (TPSA) is 87.2 Å². The van der Waals surface area contributed by atoms with Crippen LogP contribution >= 0.6 is 0 Å². The van der Waals surface area contributed by atoms with Gasteiger partial charge in [0.2, 0.25) is 16.0 Å². The number of fused-ring (bicyclic) bond motifs is 1. The van der Waals surface area contributed by atoms with Gasteiger partial charge in [-0.2, -0.15) is 0 Å². The number of hydrogen-bond acceptors (Lipinski definition) is 6. The van der Waals surface area contributed by atoms with E-state index in [0.29, 0.717) is 29.7 Å². The molecule has 2 aliphatic heterocycles. The van der Waals surface area contributed by atoms with Gasteiger partial charge in [0, 0.05) is 42.8 Å². The van der Waals surface area contributed by atoms with Gasteiger partial charge in [-0.05, 0) is 80.5 Å². The molecule has 3 heterocycles. The molecule has 0 unspecified atom stereocenters. The van der Waals surface area contributed by atoms with Crippen molar-refractivity contribution in [3.63, 3.8) is 0 Å². The molecule has 0 atom stereocenters. The Morgan fingerprint density at radius 1 is 1.08 bits per heavy atom. The van der Waals surface area contributed by atoms with E-state index >= 15 is 0 Å². The zero-order chi connectivity index (χ0) is 26.0. The highest BCUT2D eigenvalue weighted by atomic mass is 32.2. The number of benzene rings is 1. The third-order valence-corrected chi connectivity index (χ3v) is 11.6. The van der Waals surface area contributed by atoms with Gasteiger partial charge in [-0.15, -0.1) is 0 Å². The molecule has 2 saturated carbocycles. The van der Waals surface area contributed by atoms with Crippen molar-refractivity contribution in [2.45, 2.75) is 74.5 Å². The lowest BCUT2D eigenvalue weighted by Gasteiger charge is -2.45. The van der Waals surface area contributed by atoms with Gasteiger partial charge >= 0.3 is 0 Å². The highest BCUT2D eigenvalue weighted by Crippen LogP contribution is 2.55. The molecule has 0 bridgehead atoms. The molecule has 0 radical (unpaired) electrons. The Morgan fingerprint density at radius 2 is 1.81 bits per heavy atom. The summed E-state index contributed by atoms with van der Waals surface area (Å²) in [6.45, 7) is 2.26. The van der Waals surface area contributed by atoms with Gasteiger partial charge in [-0.3, -0.25) is 0 Å². The predicted molar refractivity (Wildman–Crippen MR) is 131 cm³/mol. The smallest absolute Gasteiger partial charge is 0.263 e. The van der Waals surface area contributed by atoms with Crippen LogP contribution in [0.15, 0.2) is 18.3 Å². The number of anilines is 1. The quantitative estimate of drug-likeness (QED) is 0.505. The van der Waals surface area contributed by atoms with E-state index in [2.05, 4.69) is 15.6 Å². The summed E-state index contributed by atoms with van der Waals surface area (Å²) in [5.41, 5.74) is 1.73. The van der Waals surface area contributed by atoms with Crippen LogP contribution in [0.5, 0.6) is 0 Å². The van der Waals surface area contributed by atoms with E-state index in [1.807, 2.05) is 0 Å². The lowest BCUT2D eigenvalue weighted by molar-refractivity contribution is 0.127. The Bertz CT molecular complexity index is 1280. The monoisotopic (exact) mass is 541 g/mol. The average molecular weight is 542 g/mol. The van der Waals surface area contributed by atoms with E-state index in [1.54, 1.807) is 12.3 Å². The van der Waals surface area contributed by atoms with Gasteiger partial charge in [-0.1, -0.05) is 0 Å². The molecule has 12 heteroatoms. The molecule has 1 spiro atoms. The van der Waals surface area contributed by atoms with Crippen molar-refractivity contribution in [1.82, 2.24) is 19.6 Å². The van der Waals surface area contributed by atoms with E-state index in [-0.39, 0.29) is 48.9 Å². The van der Waals surface area contributed by atoms with Gasteiger partial charge in [-0.25, -0.2) is 40.3 Å². The summed E-state index contributed by atoms with van der Waals surface area (Å²) in [6.07, 6.45) is -0.0170. The van der Waals surface area contributed by atoms with Gasteiger partial charge in [0.1, 0.15) is 4.75 Å². The highest BCUT2D eigenvalue weighted by molar-refractivity contribution is 7.90. The largest absolute Gasteiger partial charge is 0.351 e. The molecule has 1 aromatic carbocycles. The normalized spacial score (nSPS) is 28.3. The van der Waals surface area contributed by atoms with Crippen molar-refractivity contribution in [1.29, 1.82) is 0 Å². The fourth-order valence-corrected chi connectivity index (χ4v) is 8.49. The van der Waals surface area contributed by atoms with E-state index in [1.165, 1.54) is 10.4 Å². The number of halogens is 4. The molecule has 2 aromatic rings. The van der Waals surface area contributed by atoms with Gasteiger partial charge in [0.15, 0.2) is 0 Å². The molecule has 0 amide bonds. The van der Waals surface area contributed by atoms with Crippen molar-refractivity contribution in [2.24, 2.45) is 5.41 Å². The molecule has 2 N–H and O–H groups in total. The van der Waals surface area contributed by atoms with Crippen LogP contribution in [0.3, 0.4) is 0 Å². The second-order valence-corrected chi connectivity index (χ2v) is 13.5. The molecule has 2 aliphatic carbocycles. The Morgan fingerprint density at radius 3 is 2.41 bits per heavy atom. The fourth-order valence-electron chi connectivity index (χ4n) is 6.45. The van der Waals surface area contributed by atoms with Crippen LogP contribution in [0.25, 0.3) is 10.9 Å². The maximum atomic E-state index is 13.6. The molecule has 202 valence electrons. The Balaban J connectivity index is 1.18. The molecule has 2 saturated heterocycles. The molecular formula is C25H31F4N5O2S. The van der Waals surface area contributed by atoms with E-state index in [0.717, 1.165) is 37.9 Å². The standard InChI is InChI=1S/C25H31F4N5O2S/c26-21(27)15-9-16-13-31-23(33-20(16)19(10-15)17-11-24(12-17)5-6-30-14-24)32-18-1-7-34(8-2-18)37(35,36)25(3-4-25)22(28)29/h9-10,13,17-18,21-22,30H,1-8,11-12,14H2,(H,31,32,33). The molecule has 6 rings (SSSR count). The summed E-state index contributed by atoms with van der Waals surface area (Å²) in [5.74, 6) is 0.532. The minimum absolute atomic E-state index is 0.00431. The number of nitrogens with one attached hydrogen (secondary N) is 2. The van der Waals surface area contributed by atoms with E-state index in [9.17, 15) is 26.0 Å². The van der Waals surface area contributed by atoms with Crippen LogP contribution < -0.4 is 10.6 Å². The first kappa shape index (κ1) is 25.2. The Labute approximate surface area is 213 Å². The van der Waals surface area contributed by atoms with Crippen molar-refractivity contribution in [3.8, 4) is 0 Å². The van der Waals surface area contributed by atoms with Crippen molar-refractivity contribution in [2.75, 3.05) is 31.5 Å². The third kappa shape index (κ3) is 4.28. The second-order valence-electron chi connectivity index (χ2n) is 11.3. The fraction of sp³-hybridized carbons (Fsp3) is 0.680. The van der Waals surface area contributed by atoms with Gasteiger partial charge in [0.05, 0.1) is 5.52 Å². The number of alkyl halides is 4. The molecule has 1 aromatic heterocycles. The molecular weight excluding hydrogens is 510 g/mol. The first-order valence-electron chi connectivity index (χ1n) is 13.0. The highest BCUT2D eigenvalue weighted by Gasteiger charge is 2.63. The minimum atomic E-state index is -4.05. The van der Waals surface area contributed by atoms with E-state index in [4.69, 9.17) is 4.98 Å². The predicted octanol–water partition coefficient (Wildman–Crippen LogP) is 4.43. The van der Waals surface area contributed by atoms with Crippen LogP contribution in [0.2, 0.25) is 0 Å². The summed E-state index contributed by atoms with van der Waals surface area (Å²) in [7, 11) is -4.05. The SMILES string of the molecule is O=S(=O)(N1CCC(Nc2ncc3cc(C(F)F)cc(C4CC5(CCNC5)C4)c3n2)CC1)C1(C(F)F)CC1. The maximum absolute atomic E-state index is 13.6. The summed E-state index contributed by atoms with van der Waals surface area (Å²) in [4.78, 5) is 9.06. The lowest BCUT2D eigenvalue weighted by Crippen LogP contribution is -2.49. The van der Waals surface area contributed by atoms with Crippen LogP contribution in [0, 0.1) is 5.41 Å². The van der Waals surface area contributed by atoms with Crippen molar-refractivity contribution < 1.29 is 26.0 Å². The van der Waals surface area contributed by atoms with Gasteiger partial charge < -0.3 is 10.6 Å². The number of piperidine rings is 1. The lowest BCUT2D eigenvalue weighted by atomic mass is 9.59. The molecule has 37 heavy (non-hydrogen) atoms. The molecule has 4 aliphatic rings. The zero-order valence-corrected chi connectivity index (χ0v) is 21.2. The Kier molecular flexibility index (Phi) is 6.15.